The van der Waals surface area contributed by atoms with Crippen LogP contribution in [-0.2, 0) is 0 Å². The third-order valence-electron chi connectivity index (χ3n) is 6.91. The molecule has 1 fully saturated rings. The topological polar surface area (TPSA) is 14.2 Å². The molecule has 0 spiro atoms. The van der Waals surface area contributed by atoms with E-state index in [4.69, 9.17) is 4.74 Å². The van der Waals surface area contributed by atoms with Crippen molar-refractivity contribution >= 4 is 17.1 Å². The minimum absolute atomic E-state index is 0.453. The molecule has 1 atom stereocenters. The monoisotopic (exact) mass is 355 g/mol. The molecule has 2 aromatic rings. The van der Waals surface area contributed by atoms with Crippen molar-refractivity contribution in [2.24, 2.45) is 0 Å². The van der Waals surface area contributed by atoms with Crippen LogP contribution in [-0.4, -0.2) is 11.7 Å². The Hall–Kier alpha value is -2.48. The van der Waals surface area contributed by atoms with Crippen LogP contribution in [0, 0.1) is 0 Å². The Morgan fingerprint density at radius 3 is 2.85 bits per heavy atom. The molecule has 1 aromatic heterocycles. The third kappa shape index (κ3) is 2.25. The zero-order valence-corrected chi connectivity index (χ0v) is 15.9. The fourth-order valence-corrected chi connectivity index (χ4v) is 5.49. The van der Waals surface area contributed by atoms with Gasteiger partial charge in [-0.2, -0.15) is 0 Å². The number of hydrogen-bond donors (Lipinski definition) is 0. The zero-order chi connectivity index (χ0) is 18.0. The van der Waals surface area contributed by atoms with E-state index in [9.17, 15) is 0 Å². The van der Waals surface area contributed by atoms with Crippen molar-refractivity contribution in [3.63, 3.8) is 0 Å². The van der Waals surface area contributed by atoms with Gasteiger partial charge in [0.05, 0.1) is 12.6 Å². The van der Waals surface area contributed by atoms with Gasteiger partial charge in [-0.05, 0) is 65.7 Å². The SMILES string of the molecule is COc1ccc(C2CCCCC2)c2c1cc1n2C=C2C=C2C2=CC=CCC21. The average Bonchev–Trinajstić information content (AvgIpc) is 3.42. The van der Waals surface area contributed by atoms with Gasteiger partial charge in [-0.3, -0.25) is 0 Å². The lowest BCUT2D eigenvalue weighted by molar-refractivity contribution is 0.418. The first-order chi connectivity index (χ1) is 13.3. The first-order valence-electron chi connectivity index (χ1n) is 10.4. The molecule has 1 unspecified atom stereocenters. The van der Waals surface area contributed by atoms with Gasteiger partial charge in [0.2, 0.25) is 0 Å². The molecule has 0 amide bonds. The first kappa shape index (κ1) is 15.6. The number of rotatable bonds is 2. The van der Waals surface area contributed by atoms with Crippen molar-refractivity contribution in [3.8, 4) is 5.75 Å². The van der Waals surface area contributed by atoms with Crippen molar-refractivity contribution in [3.05, 3.63) is 70.5 Å². The Morgan fingerprint density at radius 1 is 1.11 bits per heavy atom. The van der Waals surface area contributed by atoms with E-state index in [2.05, 4.69) is 53.3 Å². The van der Waals surface area contributed by atoms with Crippen molar-refractivity contribution in [2.75, 3.05) is 7.11 Å². The van der Waals surface area contributed by atoms with E-state index >= 15 is 0 Å². The highest BCUT2D eigenvalue weighted by atomic mass is 16.5. The quantitative estimate of drug-likeness (QED) is 0.603. The molecule has 0 N–H and O–H groups in total. The second-order valence-corrected chi connectivity index (χ2v) is 8.37. The highest BCUT2D eigenvalue weighted by Crippen LogP contribution is 2.51. The van der Waals surface area contributed by atoms with Crippen LogP contribution in [0.5, 0.6) is 5.75 Å². The molecule has 2 heterocycles. The number of hydrogen-bond acceptors (Lipinski definition) is 1. The first-order valence-corrected chi connectivity index (χ1v) is 10.4. The molecule has 1 aromatic carbocycles. The molecule has 2 heteroatoms. The number of methoxy groups -OCH3 is 1. The molecule has 27 heavy (non-hydrogen) atoms. The predicted octanol–water partition coefficient (Wildman–Crippen LogP) is 6.46. The van der Waals surface area contributed by atoms with Crippen LogP contribution in [0.25, 0.3) is 17.1 Å². The van der Waals surface area contributed by atoms with E-state index in [0.717, 1.165) is 12.2 Å². The van der Waals surface area contributed by atoms with Crippen LogP contribution in [0.2, 0.25) is 0 Å². The van der Waals surface area contributed by atoms with E-state index < -0.39 is 0 Å². The lowest BCUT2D eigenvalue weighted by Gasteiger charge is -2.24. The number of allylic oxidation sites excluding steroid dienone is 7. The normalized spacial score (nSPS) is 23.6. The fourth-order valence-electron chi connectivity index (χ4n) is 5.49. The van der Waals surface area contributed by atoms with Gasteiger partial charge in [0, 0.05) is 23.2 Å². The van der Waals surface area contributed by atoms with Crippen molar-refractivity contribution in [1.82, 2.24) is 4.57 Å². The standard InChI is InChI=1S/C25H25NO/c1-27-24-12-11-18(16-7-3-2-4-8-16)25-22(24)14-23-20-10-6-5-9-19(20)21-13-17(21)15-26(23)25/h5-6,9,11-16,20H,2-4,7-8,10H2,1H3. The molecule has 0 radical (unpaired) electrons. The summed E-state index contributed by atoms with van der Waals surface area (Å²) in [7, 11) is 1.80. The van der Waals surface area contributed by atoms with Gasteiger partial charge in [-0.25, -0.2) is 0 Å². The third-order valence-corrected chi connectivity index (χ3v) is 6.91. The molecule has 4 aliphatic rings. The van der Waals surface area contributed by atoms with Crippen LogP contribution < -0.4 is 4.74 Å². The van der Waals surface area contributed by atoms with Gasteiger partial charge in [0.25, 0.3) is 0 Å². The van der Waals surface area contributed by atoms with Crippen LogP contribution in [0.3, 0.4) is 0 Å². The Bertz CT molecular complexity index is 1070. The zero-order valence-electron chi connectivity index (χ0n) is 15.9. The van der Waals surface area contributed by atoms with E-state index in [1.165, 1.54) is 71.0 Å². The molecule has 0 bridgehead atoms. The molecule has 0 saturated heterocycles. The summed E-state index contributed by atoms with van der Waals surface area (Å²) >= 11 is 0. The van der Waals surface area contributed by atoms with Crippen molar-refractivity contribution in [1.29, 1.82) is 0 Å². The highest BCUT2D eigenvalue weighted by molar-refractivity contribution is 5.94. The minimum atomic E-state index is 0.453. The fraction of sp³-hybridized carbons (Fsp3) is 0.360. The number of fused-ring (bicyclic) bond motifs is 7. The summed E-state index contributed by atoms with van der Waals surface area (Å²) in [5, 5.41) is 1.28. The summed E-state index contributed by atoms with van der Waals surface area (Å²) in [5.41, 5.74) is 8.68. The summed E-state index contributed by atoms with van der Waals surface area (Å²) < 4.78 is 8.28. The molecule has 2 nitrogen and oxygen atoms in total. The summed E-state index contributed by atoms with van der Waals surface area (Å²) in [6.45, 7) is 0. The highest BCUT2D eigenvalue weighted by Gasteiger charge is 2.34. The number of ether oxygens (including phenoxy) is 1. The van der Waals surface area contributed by atoms with E-state index in [1.807, 2.05) is 0 Å². The number of benzene rings is 1. The molecule has 3 aliphatic carbocycles. The predicted molar refractivity (Wildman–Crippen MR) is 111 cm³/mol. The number of nitrogens with zero attached hydrogens (tertiary/aromatic N) is 1. The van der Waals surface area contributed by atoms with Crippen LogP contribution in [0.15, 0.2) is 59.2 Å². The molecule has 136 valence electrons. The maximum Gasteiger partial charge on any atom is 0.128 e. The summed E-state index contributed by atoms with van der Waals surface area (Å²) in [6.07, 6.45) is 19.4. The smallest absolute Gasteiger partial charge is 0.128 e. The molecular weight excluding hydrogens is 330 g/mol. The largest absolute Gasteiger partial charge is 0.496 e. The van der Waals surface area contributed by atoms with E-state index in [0.29, 0.717) is 11.8 Å². The lowest BCUT2D eigenvalue weighted by atomic mass is 9.83. The second kappa shape index (κ2) is 5.76. The Morgan fingerprint density at radius 2 is 2.00 bits per heavy atom. The Labute approximate surface area is 160 Å². The van der Waals surface area contributed by atoms with Gasteiger partial charge < -0.3 is 9.30 Å². The van der Waals surface area contributed by atoms with Gasteiger partial charge in [0.15, 0.2) is 0 Å². The molecule has 1 saturated carbocycles. The van der Waals surface area contributed by atoms with Gasteiger partial charge in [0.1, 0.15) is 5.75 Å². The lowest BCUT2D eigenvalue weighted by Crippen LogP contribution is -2.09. The minimum Gasteiger partial charge on any atom is -0.496 e. The molecule has 6 rings (SSSR count). The van der Waals surface area contributed by atoms with Crippen LogP contribution in [0.1, 0.15) is 61.6 Å². The Balaban J connectivity index is 1.62. The van der Waals surface area contributed by atoms with E-state index in [1.54, 1.807) is 7.11 Å². The molecular formula is C25H25NO. The number of aromatic nitrogens is 1. The summed E-state index contributed by atoms with van der Waals surface area (Å²) in [6, 6.07) is 6.94. The summed E-state index contributed by atoms with van der Waals surface area (Å²) in [5.74, 6) is 2.14. The van der Waals surface area contributed by atoms with E-state index in [-0.39, 0.29) is 0 Å². The maximum absolute atomic E-state index is 5.78. The Kier molecular flexibility index (Phi) is 3.32. The average molecular weight is 355 g/mol. The van der Waals surface area contributed by atoms with Gasteiger partial charge >= 0.3 is 0 Å². The van der Waals surface area contributed by atoms with Crippen LogP contribution in [0.4, 0.5) is 0 Å². The summed E-state index contributed by atoms with van der Waals surface area (Å²) in [4.78, 5) is 0. The van der Waals surface area contributed by atoms with Gasteiger partial charge in [-0.1, -0.05) is 43.6 Å². The van der Waals surface area contributed by atoms with Crippen LogP contribution >= 0.6 is 0 Å². The van der Waals surface area contributed by atoms with Crippen molar-refractivity contribution in [2.45, 2.75) is 50.4 Å². The van der Waals surface area contributed by atoms with Crippen molar-refractivity contribution < 1.29 is 4.74 Å². The maximum atomic E-state index is 5.78. The molecule has 1 aliphatic heterocycles. The second-order valence-electron chi connectivity index (χ2n) is 8.37. The van der Waals surface area contributed by atoms with Gasteiger partial charge in [-0.15, -0.1) is 0 Å².